The van der Waals surface area contributed by atoms with Crippen LogP contribution in [0.1, 0.15) is 16.7 Å². The molecule has 3 aromatic rings. The second kappa shape index (κ2) is 7.46. The molecule has 0 saturated heterocycles. The van der Waals surface area contributed by atoms with Crippen LogP contribution in [0.3, 0.4) is 0 Å². The number of benzene rings is 1. The van der Waals surface area contributed by atoms with Crippen molar-refractivity contribution < 1.29 is 12.8 Å². The van der Waals surface area contributed by atoms with Crippen LogP contribution in [-0.4, -0.2) is 31.8 Å². The molecule has 0 spiro atoms. The van der Waals surface area contributed by atoms with Gasteiger partial charge in [0.1, 0.15) is 10.5 Å². The van der Waals surface area contributed by atoms with Gasteiger partial charge in [-0.1, -0.05) is 0 Å². The van der Waals surface area contributed by atoms with E-state index < -0.39 is 10.0 Å². The lowest BCUT2D eigenvalue weighted by Gasteiger charge is -2.11. The minimum Gasteiger partial charge on any atom is -0.423 e. The van der Waals surface area contributed by atoms with Crippen LogP contribution in [0.5, 0.6) is 0 Å². The lowest BCUT2D eigenvalue weighted by molar-refractivity contribution is 0.520. The zero-order valence-corrected chi connectivity index (χ0v) is 17.1. The van der Waals surface area contributed by atoms with Crippen molar-refractivity contribution in [1.29, 1.82) is 0 Å². The Kier molecular flexibility index (Phi) is 5.41. The molecule has 27 heavy (non-hydrogen) atoms. The third-order valence-corrected chi connectivity index (χ3v) is 7.10. The van der Waals surface area contributed by atoms with E-state index in [0.717, 1.165) is 26.4 Å². The molecule has 1 aromatic carbocycles. The van der Waals surface area contributed by atoms with Gasteiger partial charge in [0.2, 0.25) is 10.0 Å². The Morgan fingerprint density at radius 3 is 2.44 bits per heavy atom. The molecule has 0 atom stereocenters. The highest BCUT2D eigenvalue weighted by molar-refractivity contribution is 7.98. The van der Waals surface area contributed by atoms with E-state index in [1.807, 2.05) is 26.0 Å². The molecular formula is C19H20N2O4S2. The number of thioether (sulfide) groups is 1. The Labute approximate surface area is 162 Å². The summed E-state index contributed by atoms with van der Waals surface area (Å²) in [4.78, 5) is 16.2. The minimum atomic E-state index is -3.50. The number of fused-ring (bicyclic) bond motifs is 1. The maximum Gasteiger partial charge on any atom is 0.336 e. The molecule has 0 aliphatic heterocycles. The normalized spacial score (nSPS) is 12.0. The Hall–Kier alpha value is -2.16. The number of aromatic nitrogens is 1. The molecule has 0 saturated carbocycles. The third-order valence-electron chi connectivity index (χ3n) is 4.31. The van der Waals surface area contributed by atoms with Gasteiger partial charge in [0.25, 0.3) is 0 Å². The van der Waals surface area contributed by atoms with E-state index in [-0.39, 0.29) is 10.5 Å². The average Bonchev–Trinajstić information content (AvgIpc) is 2.61. The van der Waals surface area contributed by atoms with Crippen LogP contribution in [0.2, 0.25) is 0 Å². The lowest BCUT2D eigenvalue weighted by Crippen LogP contribution is -2.22. The van der Waals surface area contributed by atoms with Crippen molar-refractivity contribution in [3.05, 3.63) is 63.6 Å². The molecule has 2 heterocycles. The molecule has 0 amide bonds. The first-order chi connectivity index (χ1) is 12.7. The van der Waals surface area contributed by atoms with Gasteiger partial charge < -0.3 is 4.42 Å². The van der Waals surface area contributed by atoms with Crippen LogP contribution in [0, 0.1) is 13.8 Å². The van der Waals surface area contributed by atoms with E-state index in [4.69, 9.17) is 4.42 Å². The van der Waals surface area contributed by atoms with Crippen molar-refractivity contribution in [3.63, 3.8) is 0 Å². The van der Waals surface area contributed by atoms with Crippen LogP contribution in [0.25, 0.3) is 11.0 Å². The van der Waals surface area contributed by atoms with Crippen molar-refractivity contribution in [3.8, 4) is 0 Å². The number of hydrogen-bond acceptors (Lipinski definition) is 6. The van der Waals surface area contributed by atoms with Crippen molar-refractivity contribution in [2.75, 3.05) is 14.1 Å². The Morgan fingerprint density at radius 1 is 1.11 bits per heavy atom. The van der Waals surface area contributed by atoms with Crippen LogP contribution in [0.4, 0.5) is 0 Å². The monoisotopic (exact) mass is 404 g/mol. The SMILES string of the molecule is Cc1cc2oc(=O)cc(CSc3ccc(S(=O)(=O)N(C)C)cn3)c2cc1C. The molecule has 6 nitrogen and oxygen atoms in total. The largest absolute Gasteiger partial charge is 0.423 e. The summed E-state index contributed by atoms with van der Waals surface area (Å²) in [6.45, 7) is 3.99. The maximum atomic E-state index is 12.1. The predicted molar refractivity (Wildman–Crippen MR) is 107 cm³/mol. The van der Waals surface area contributed by atoms with Gasteiger partial charge in [0.15, 0.2) is 0 Å². The quantitative estimate of drug-likeness (QED) is 0.479. The van der Waals surface area contributed by atoms with Crippen molar-refractivity contribution in [1.82, 2.24) is 9.29 Å². The highest BCUT2D eigenvalue weighted by Gasteiger charge is 2.17. The van der Waals surface area contributed by atoms with Crippen LogP contribution < -0.4 is 5.63 Å². The first-order valence-electron chi connectivity index (χ1n) is 8.24. The molecule has 0 radical (unpaired) electrons. The number of sulfonamides is 1. The van der Waals surface area contributed by atoms with Crippen molar-refractivity contribution >= 4 is 32.8 Å². The highest BCUT2D eigenvalue weighted by atomic mass is 32.2. The summed E-state index contributed by atoms with van der Waals surface area (Å²) in [7, 11) is -0.536. The summed E-state index contributed by atoms with van der Waals surface area (Å²) in [6.07, 6.45) is 1.35. The molecular weight excluding hydrogens is 384 g/mol. The zero-order valence-electron chi connectivity index (χ0n) is 15.5. The molecule has 0 aliphatic rings. The first-order valence-corrected chi connectivity index (χ1v) is 10.7. The first kappa shape index (κ1) is 19.6. The standard InChI is InChI=1S/C19H20N2O4S2/c1-12-7-16-14(9-19(22)25-17(16)8-13(12)2)11-26-18-6-5-15(10-20-18)27(23,24)21(3)4/h5-10H,11H2,1-4H3. The van der Waals surface area contributed by atoms with Gasteiger partial charge in [-0.15, -0.1) is 11.8 Å². The smallest absolute Gasteiger partial charge is 0.336 e. The second-order valence-electron chi connectivity index (χ2n) is 6.43. The average molecular weight is 405 g/mol. The van der Waals surface area contributed by atoms with E-state index in [2.05, 4.69) is 4.98 Å². The van der Waals surface area contributed by atoms with Crippen LogP contribution in [0.15, 0.2) is 55.7 Å². The molecule has 0 fully saturated rings. The lowest BCUT2D eigenvalue weighted by atomic mass is 10.0. The predicted octanol–water partition coefficient (Wildman–Crippen LogP) is 3.35. The van der Waals surface area contributed by atoms with Gasteiger partial charge in [-0.05, 0) is 54.8 Å². The molecule has 0 bridgehead atoms. The molecule has 8 heteroatoms. The number of aryl methyl sites for hydroxylation is 2. The molecule has 0 aliphatic carbocycles. The fourth-order valence-corrected chi connectivity index (χ4v) is 4.25. The molecule has 0 unspecified atom stereocenters. The summed E-state index contributed by atoms with van der Waals surface area (Å²) in [5.41, 5.74) is 3.23. The molecule has 2 aromatic heterocycles. The molecule has 0 N–H and O–H groups in total. The van der Waals surface area contributed by atoms with Gasteiger partial charge in [0, 0.05) is 37.5 Å². The zero-order chi connectivity index (χ0) is 19.8. The number of rotatable bonds is 5. The van der Waals surface area contributed by atoms with Crippen LogP contribution >= 0.6 is 11.8 Å². The van der Waals surface area contributed by atoms with Gasteiger partial charge >= 0.3 is 5.63 Å². The Balaban J connectivity index is 1.87. The van der Waals surface area contributed by atoms with E-state index >= 15 is 0 Å². The van der Waals surface area contributed by atoms with Gasteiger partial charge in [0.05, 0.1) is 5.03 Å². The fraction of sp³-hybridized carbons (Fsp3) is 0.263. The van der Waals surface area contributed by atoms with Gasteiger partial charge in [-0.25, -0.2) is 22.5 Å². The van der Waals surface area contributed by atoms with E-state index in [9.17, 15) is 13.2 Å². The topological polar surface area (TPSA) is 80.5 Å². The van der Waals surface area contributed by atoms with Crippen LogP contribution in [-0.2, 0) is 15.8 Å². The molecule has 142 valence electrons. The number of nitrogens with zero attached hydrogens (tertiary/aromatic N) is 2. The second-order valence-corrected chi connectivity index (χ2v) is 9.58. The van der Waals surface area contributed by atoms with Crippen molar-refractivity contribution in [2.45, 2.75) is 29.5 Å². The number of pyridine rings is 1. The van der Waals surface area contributed by atoms with Crippen molar-refractivity contribution in [2.24, 2.45) is 0 Å². The summed E-state index contributed by atoms with van der Waals surface area (Å²) in [6, 6.07) is 8.59. The third kappa shape index (κ3) is 4.07. The van der Waals surface area contributed by atoms with E-state index in [1.54, 1.807) is 6.07 Å². The Morgan fingerprint density at radius 2 is 1.81 bits per heavy atom. The number of hydrogen-bond donors (Lipinski definition) is 0. The van der Waals surface area contributed by atoms with E-state index in [1.165, 1.54) is 44.2 Å². The Bertz CT molecular complexity index is 1150. The fourth-order valence-electron chi connectivity index (χ4n) is 2.57. The molecule has 3 rings (SSSR count). The summed E-state index contributed by atoms with van der Waals surface area (Å²) in [5.74, 6) is 0.525. The van der Waals surface area contributed by atoms with Gasteiger partial charge in [-0.2, -0.15) is 0 Å². The summed E-state index contributed by atoms with van der Waals surface area (Å²) >= 11 is 1.43. The maximum absolute atomic E-state index is 12.1. The summed E-state index contributed by atoms with van der Waals surface area (Å²) < 4.78 is 30.7. The van der Waals surface area contributed by atoms with Gasteiger partial charge in [-0.3, -0.25) is 0 Å². The minimum absolute atomic E-state index is 0.147. The van der Waals surface area contributed by atoms with E-state index in [0.29, 0.717) is 16.4 Å². The highest BCUT2D eigenvalue weighted by Crippen LogP contribution is 2.27. The summed E-state index contributed by atoms with van der Waals surface area (Å²) in [5, 5.41) is 1.58.